The average molecular weight is 559 g/mol. The molecule has 1 aliphatic carbocycles. The number of ketones is 1. The fourth-order valence-electron chi connectivity index (χ4n) is 5.66. The van der Waals surface area contributed by atoms with Crippen LogP contribution in [0.2, 0.25) is 0 Å². The summed E-state index contributed by atoms with van der Waals surface area (Å²) in [5.41, 5.74) is 7.37. The van der Waals surface area contributed by atoms with Crippen LogP contribution in [0.1, 0.15) is 62.8 Å². The van der Waals surface area contributed by atoms with Gasteiger partial charge in [-0.3, -0.25) is 14.4 Å². The number of amides is 1. The van der Waals surface area contributed by atoms with Crippen LogP contribution in [-0.2, 0) is 19.1 Å². The van der Waals surface area contributed by atoms with Gasteiger partial charge in [0.05, 0.1) is 31.4 Å². The molecule has 0 saturated heterocycles. The Morgan fingerprint density at radius 2 is 1.68 bits per heavy atom. The lowest BCUT2D eigenvalue weighted by atomic mass is 9.77. The largest absolute Gasteiger partial charge is 0.469 e. The molecule has 6 heteroatoms. The van der Waals surface area contributed by atoms with E-state index in [1.165, 1.54) is 7.11 Å². The average Bonchev–Trinajstić information content (AvgIpc) is 2.91. The summed E-state index contributed by atoms with van der Waals surface area (Å²) in [4.78, 5) is 41.9. The van der Waals surface area contributed by atoms with Gasteiger partial charge in [-0.25, -0.2) is 0 Å². The molecule has 0 fully saturated rings. The fourth-order valence-corrected chi connectivity index (χ4v) is 5.66. The second kappa shape index (κ2) is 14.4. The zero-order valence-electron chi connectivity index (χ0n) is 25.9. The van der Waals surface area contributed by atoms with E-state index in [1.807, 2.05) is 57.4 Å². The van der Waals surface area contributed by atoms with Crippen molar-refractivity contribution in [3.63, 3.8) is 0 Å². The van der Waals surface area contributed by atoms with Crippen LogP contribution in [0.4, 0.5) is 0 Å². The minimum atomic E-state index is -0.595. The molecule has 0 spiro atoms. The van der Waals surface area contributed by atoms with Gasteiger partial charge in [0.1, 0.15) is 0 Å². The van der Waals surface area contributed by atoms with E-state index in [0.717, 1.165) is 51.9 Å². The van der Waals surface area contributed by atoms with E-state index in [1.54, 1.807) is 6.08 Å². The Bertz CT molecular complexity index is 1300. The van der Waals surface area contributed by atoms with Gasteiger partial charge in [0, 0.05) is 6.54 Å². The smallest absolute Gasteiger partial charge is 0.307 e. The number of aryl methyl sites for hydroxylation is 2. The van der Waals surface area contributed by atoms with Gasteiger partial charge >= 0.3 is 5.97 Å². The summed E-state index contributed by atoms with van der Waals surface area (Å²) in [6.45, 7) is 11.1. The molecule has 3 rings (SSSR count). The number of allylic oxidation sites excluding steroid dienone is 3. The topological polar surface area (TPSA) is 75.7 Å². The minimum absolute atomic E-state index is 0.00556. The monoisotopic (exact) mass is 558 g/mol. The molecular formula is C35H46N2O4. The SMILES string of the molecule is COC(=O)CC(NC(=O)C(CC(C)C)C1C=C(CCN(C)C)C(C)=CC1=O)c1cccc(-c2c(C)cccc2C)c1. The summed E-state index contributed by atoms with van der Waals surface area (Å²) in [6, 6.07) is 13.6. The molecule has 0 bridgehead atoms. The molecule has 0 radical (unpaired) electrons. The van der Waals surface area contributed by atoms with Gasteiger partial charge in [0.2, 0.25) is 5.91 Å². The predicted octanol–water partition coefficient (Wildman–Crippen LogP) is 6.38. The second-order valence-electron chi connectivity index (χ2n) is 12.0. The van der Waals surface area contributed by atoms with Crippen molar-refractivity contribution < 1.29 is 19.1 Å². The normalized spacial score (nSPS) is 16.7. The number of methoxy groups -OCH3 is 1. The molecule has 3 atom stereocenters. The molecule has 0 aliphatic heterocycles. The number of nitrogens with zero attached hydrogens (tertiary/aromatic N) is 1. The standard InChI is InChI=1S/C35H46N2O4/c1-22(2)17-30(29-20-26(15-16-37(6)7)25(5)18-32(29)38)35(40)36-31(21-33(39)41-8)27-13-10-14-28(19-27)34-23(3)11-9-12-24(34)4/h9-14,18-20,22,29-31H,15-17,21H2,1-8H3,(H,36,40). The van der Waals surface area contributed by atoms with Gasteiger partial charge in [-0.1, -0.05) is 56.3 Å². The Balaban J connectivity index is 1.97. The summed E-state index contributed by atoms with van der Waals surface area (Å²) in [7, 11) is 5.40. The molecule has 41 heavy (non-hydrogen) atoms. The number of carbonyl (C=O) groups excluding carboxylic acids is 3. The van der Waals surface area contributed by atoms with E-state index >= 15 is 0 Å². The molecule has 2 aromatic carbocycles. The molecule has 0 heterocycles. The highest BCUT2D eigenvalue weighted by atomic mass is 16.5. The molecule has 0 saturated carbocycles. The summed E-state index contributed by atoms with van der Waals surface area (Å²) >= 11 is 0. The first-order valence-electron chi connectivity index (χ1n) is 14.5. The van der Waals surface area contributed by atoms with E-state index in [4.69, 9.17) is 4.74 Å². The fraction of sp³-hybridized carbons (Fsp3) is 0.457. The molecule has 0 aromatic heterocycles. The van der Waals surface area contributed by atoms with Crippen LogP contribution in [0.15, 0.2) is 65.8 Å². The lowest BCUT2D eigenvalue weighted by Gasteiger charge is -2.30. The molecule has 1 N–H and O–H groups in total. The Labute approximate surface area is 245 Å². The first kappa shape index (κ1) is 32.0. The van der Waals surface area contributed by atoms with Crippen LogP contribution >= 0.6 is 0 Å². The lowest BCUT2D eigenvalue weighted by Crippen LogP contribution is -2.41. The number of hydrogen-bond donors (Lipinski definition) is 1. The van der Waals surface area contributed by atoms with Crippen LogP contribution in [0.3, 0.4) is 0 Å². The van der Waals surface area contributed by atoms with Crippen LogP contribution in [0.5, 0.6) is 0 Å². The number of benzene rings is 2. The highest BCUT2D eigenvalue weighted by Crippen LogP contribution is 2.33. The third-order valence-corrected chi connectivity index (χ3v) is 7.87. The molecule has 3 unspecified atom stereocenters. The maximum Gasteiger partial charge on any atom is 0.307 e. The van der Waals surface area contributed by atoms with Crippen LogP contribution in [0.25, 0.3) is 11.1 Å². The Morgan fingerprint density at radius 1 is 1.02 bits per heavy atom. The molecule has 220 valence electrons. The third kappa shape index (κ3) is 8.49. The molecule has 2 aromatic rings. The molecule has 6 nitrogen and oxygen atoms in total. The van der Waals surface area contributed by atoms with Gasteiger partial charge in [0.15, 0.2) is 5.78 Å². The Morgan fingerprint density at radius 3 is 2.29 bits per heavy atom. The highest BCUT2D eigenvalue weighted by Gasteiger charge is 2.35. The van der Waals surface area contributed by atoms with Crippen molar-refractivity contribution in [2.75, 3.05) is 27.7 Å². The first-order valence-corrected chi connectivity index (χ1v) is 14.5. The lowest BCUT2D eigenvalue weighted by molar-refractivity contribution is -0.141. The van der Waals surface area contributed by atoms with Crippen LogP contribution in [-0.4, -0.2) is 50.3 Å². The maximum atomic E-state index is 14.0. The van der Waals surface area contributed by atoms with E-state index in [-0.39, 0.29) is 24.0 Å². The Hall–Kier alpha value is -3.51. The van der Waals surface area contributed by atoms with E-state index in [0.29, 0.717) is 6.42 Å². The second-order valence-corrected chi connectivity index (χ2v) is 12.0. The van der Waals surface area contributed by atoms with E-state index in [9.17, 15) is 14.4 Å². The zero-order chi connectivity index (χ0) is 30.3. The van der Waals surface area contributed by atoms with Crippen molar-refractivity contribution >= 4 is 17.7 Å². The van der Waals surface area contributed by atoms with Crippen molar-refractivity contribution in [3.8, 4) is 11.1 Å². The number of ether oxygens (including phenoxy) is 1. The number of rotatable bonds is 12. The summed E-state index contributed by atoms with van der Waals surface area (Å²) in [5, 5.41) is 3.16. The van der Waals surface area contributed by atoms with Crippen molar-refractivity contribution in [1.82, 2.24) is 10.2 Å². The van der Waals surface area contributed by atoms with Crippen molar-refractivity contribution in [2.24, 2.45) is 17.8 Å². The zero-order valence-corrected chi connectivity index (χ0v) is 25.9. The van der Waals surface area contributed by atoms with Gasteiger partial charge in [-0.15, -0.1) is 0 Å². The summed E-state index contributed by atoms with van der Waals surface area (Å²) in [5.74, 6) is -1.57. The van der Waals surface area contributed by atoms with Crippen molar-refractivity contribution in [3.05, 3.63) is 82.5 Å². The third-order valence-electron chi connectivity index (χ3n) is 7.87. The van der Waals surface area contributed by atoms with E-state index < -0.39 is 23.8 Å². The van der Waals surface area contributed by atoms with Crippen LogP contribution < -0.4 is 5.32 Å². The summed E-state index contributed by atoms with van der Waals surface area (Å²) in [6.07, 6.45) is 5.06. The maximum absolute atomic E-state index is 14.0. The van der Waals surface area contributed by atoms with Crippen LogP contribution in [0, 0.1) is 31.6 Å². The van der Waals surface area contributed by atoms with Gasteiger partial charge in [-0.05, 0) is 105 Å². The number of carbonyl (C=O) groups is 3. The number of nitrogens with one attached hydrogen (secondary N) is 1. The van der Waals surface area contributed by atoms with Gasteiger partial charge in [-0.2, -0.15) is 0 Å². The highest BCUT2D eigenvalue weighted by molar-refractivity contribution is 5.99. The van der Waals surface area contributed by atoms with Gasteiger partial charge < -0.3 is 15.0 Å². The molecule has 1 aliphatic rings. The van der Waals surface area contributed by atoms with Crippen molar-refractivity contribution in [2.45, 2.75) is 59.9 Å². The van der Waals surface area contributed by atoms with E-state index in [2.05, 4.69) is 50.0 Å². The molecule has 1 amide bonds. The molecular weight excluding hydrogens is 512 g/mol. The summed E-state index contributed by atoms with van der Waals surface area (Å²) < 4.78 is 5.00. The minimum Gasteiger partial charge on any atom is -0.469 e. The quantitative estimate of drug-likeness (QED) is 0.306. The Kier molecular flexibility index (Phi) is 11.2. The van der Waals surface area contributed by atoms with Gasteiger partial charge in [0.25, 0.3) is 0 Å². The first-order chi connectivity index (χ1) is 19.4. The van der Waals surface area contributed by atoms with Crippen molar-refractivity contribution in [1.29, 1.82) is 0 Å². The predicted molar refractivity (Wildman–Crippen MR) is 165 cm³/mol. The number of hydrogen-bond acceptors (Lipinski definition) is 5. The number of esters is 1.